The van der Waals surface area contributed by atoms with Crippen LogP contribution < -0.4 is 5.73 Å². The number of primary amides is 1. The molecule has 2 heterocycles. The number of nitrogens with two attached hydrogens (primary N) is 1. The van der Waals surface area contributed by atoms with E-state index in [2.05, 4.69) is 0 Å². The Morgan fingerprint density at radius 1 is 1.36 bits per heavy atom. The highest BCUT2D eigenvalue weighted by atomic mass is 35.5. The van der Waals surface area contributed by atoms with E-state index in [1.54, 1.807) is 22.3 Å². The zero-order valence-corrected chi connectivity index (χ0v) is 13.4. The Bertz CT molecular complexity index is 769. The summed E-state index contributed by atoms with van der Waals surface area (Å²) in [5.74, 6) is -0.686. The summed E-state index contributed by atoms with van der Waals surface area (Å²) < 4.78 is 1.09. The van der Waals surface area contributed by atoms with E-state index in [1.165, 1.54) is 6.08 Å². The summed E-state index contributed by atoms with van der Waals surface area (Å²) in [6.07, 6.45) is 3.89. The topological polar surface area (TPSA) is 63.4 Å². The number of hydrogen-bond acceptors (Lipinski definition) is 3. The van der Waals surface area contributed by atoms with Crippen LogP contribution in [0.5, 0.6) is 0 Å². The largest absolute Gasteiger partial charge is 0.369 e. The molecule has 2 amide bonds. The van der Waals surface area contributed by atoms with Gasteiger partial charge in [-0.2, -0.15) is 0 Å². The van der Waals surface area contributed by atoms with Gasteiger partial charge >= 0.3 is 0 Å². The smallest absolute Gasteiger partial charge is 0.246 e. The van der Waals surface area contributed by atoms with Crippen molar-refractivity contribution in [2.75, 3.05) is 13.1 Å². The quantitative estimate of drug-likeness (QED) is 0.877. The van der Waals surface area contributed by atoms with E-state index in [-0.39, 0.29) is 17.7 Å². The van der Waals surface area contributed by atoms with Crippen molar-refractivity contribution < 1.29 is 9.59 Å². The Kier molecular flexibility index (Phi) is 4.18. The number of amides is 2. The Morgan fingerprint density at radius 3 is 2.82 bits per heavy atom. The normalized spacial score (nSPS) is 18.4. The molecule has 1 fully saturated rings. The number of halogens is 1. The maximum Gasteiger partial charge on any atom is 0.246 e. The molecule has 0 unspecified atom stereocenters. The lowest BCUT2D eigenvalue weighted by Gasteiger charge is -2.12. The van der Waals surface area contributed by atoms with E-state index in [1.807, 2.05) is 24.3 Å². The van der Waals surface area contributed by atoms with Gasteiger partial charge in [0.05, 0.1) is 10.9 Å². The molecule has 0 saturated carbocycles. The van der Waals surface area contributed by atoms with Crippen molar-refractivity contribution >= 4 is 50.9 Å². The highest BCUT2D eigenvalue weighted by molar-refractivity contribution is 7.20. The van der Waals surface area contributed by atoms with Gasteiger partial charge in [0.15, 0.2) is 0 Å². The van der Waals surface area contributed by atoms with Crippen LogP contribution in [0, 0.1) is 5.92 Å². The fourth-order valence-electron chi connectivity index (χ4n) is 2.59. The van der Waals surface area contributed by atoms with Crippen molar-refractivity contribution in [3.63, 3.8) is 0 Å². The van der Waals surface area contributed by atoms with E-state index < -0.39 is 0 Å². The molecule has 1 aliphatic rings. The number of thiophene rings is 1. The Balaban J connectivity index is 1.74. The summed E-state index contributed by atoms with van der Waals surface area (Å²) in [4.78, 5) is 25.8. The number of carbonyl (C=O) groups is 2. The van der Waals surface area contributed by atoms with Gasteiger partial charge < -0.3 is 10.6 Å². The minimum atomic E-state index is -0.341. The van der Waals surface area contributed by atoms with Crippen molar-refractivity contribution in [3.05, 3.63) is 40.2 Å². The zero-order valence-electron chi connectivity index (χ0n) is 11.8. The van der Waals surface area contributed by atoms with Gasteiger partial charge in [-0.25, -0.2) is 0 Å². The molecule has 3 rings (SSSR count). The lowest BCUT2D eigenvalue weighted by molar-refractivity contribution is -0.125. The second kappa shape index (κ2) is 6.10. The average molecular weight is 335 g/mol. The standard InChI is InChI=1S/C16H15ClN2O2S/c17-15-11-3-1-2-4-12(11)22-13(15)5-6-14(20)19-8-7-10(9-19)16(18)21/h1-6,10H,7-9H2,(H2,18,21)/b6-5+/t10-/m1/s1. The summed E-state index contributed by atoms with van der Waals surface area (Å²) in [6, 6.07) is 7.87. The molecule has 2 N–H and O–H groups in total. The van der Waals surface area contributed by atoms with Crippen LogP contribution in [0.25, 0.3) is 16.2 Å². The third kappa shape index (κ3) is 2.87. The molecular formula is C16H15ClN2O2S. The second-order valence-corrected chi connectivity index (χ2v) is 6.74. The lowest BCUT2D eigenvalue weighted by atomic mass is 10.1. The fraction of sp³-hybridized carbons (Fsp3) is 0.250. The van der Waals surface area contributed by atoms with Crippen LogP contribution >= 0.6 is 22.9 Å². The first-order valence-electron chi connectivity index (χ1n) is 6.99. The van der Waals surface area contributed by atoms with E-state index in [0.29, 0.717) is 24.5 Å². The fourth-order valence-corrected chi connectivity index (χ4v) is 3.98. The maximum absolute atomic E-state index is 12.2. The van der Waals surface area contributed by atoms with Gasteiger partial charge in [-0.15, -0.1) is 11.3 Å². The SMILES string of the molecule is NC(=O)[C@@H]1CCN(C(=O)/C=C/c2sc3ccccc3c2Cl)C1. The van der Waals surface area contributed by atoms with Gasteiger partial charge in [-0.05, 0) is 18.6 Å². The molecule has 22 heavy (non-hydrogen) atoms. The summed E-state index contributed by atoms with van der Waals surface area (Å²) in [5.41, 5.74) is 5.28. The molecule has 0 bridgehead atoms. The summed E-state index contributed by atoms with van der Waals surface area (Å²) in [6.45, 7) is 0.968. The van der Waals surface area contributed by atoms with Crippen molar-refractivity contribution in [3.8, 4) is 0 Å². The van der Waals surface area contributed by atoms with Gasteiger partial charge in [-0.1, -0.05) is 29.8 Å². The predicted molar refractivity (Wildman–Crippen MR) is 89.8 cm³/mol. The highest BCUT2D eigenvalue weighted by Gasteiger charge is 2.28. The van der Waals surface area contributed by atoms with E-state index >= 15 is 0 Å². The minimum Gasteiger partial charge on any atom is -0.369 e. The Morgan fingerprint density at radius 2 is 2.14 bits per heavy atom. The number of nitrogens with zero attached hydrogens (tertiary/aromatic N) is 1. The lowest BCUT2D eigenvalue weighted by Crippen LogP contribution is -2.30. The number of hydrogen-bond donors (Lipinski definition) is 1. The van der Waals surface area contributed by atoms with Gasteiger partial charge in [0.2, 0.25) is 11.8 Å². The van der Waals surface area contributed by atoms with Gasteiger partial charge in [0.25, 0.3) is 0 Å². The van der Waals surface area contributed by atoms with Crippen LogP contribution in [0.1, 0.15) is 11.3 Å². The van der Waals surface area contributed by atoms with Crippen LogP contribution in [-0.4, -0.2) is 29.8 Å². The van der Waals surface area contributed by atoms with Gasteiger partial charge in [-0.3, -0.25) is 9.59 Å². The monoisotopic (exact) mass is 334 g/mol. The molecular weight excluding hydrogens is 320 g/mol. The molecule has 0 aliphatic carbocycles. The van der Waals surface area contributed by atoms with E-state index in [9.17, 15) is 9.59 Å². The molecule has 0 radical (unpaired) electrons. The number of benzene rings is 1. The third-order valence-electron chi connectivity index (χ3n) is 3.84. The maximum atomic E-state index is 12.2. The first-order chi connectivity index (χ1) is 10.6. The number of fused-ring (bicyclic) bond motifs is 1. The van der Waals surface area contributed by atoms with Crippen molar-refractivity contribution in [2.24, 2.45) is 11.7 Å². The number of rotatable bonds is 3. The predicted octanol–water partition coefficient (Wildman–Crippen LogP) is 2.90. The van der Waals surface area contributed by atoms with E-state index in [0.717, 1.165) is 15.0 Å². The second-order valence-electron chi connectivity index (χ2n) is 5.28. The first-order valence-corrected chi connectivity index (χ1v) is 8.19. The summed E-state index contributed by atoms with van der Waals surface area (Å²) >= 11 is 7.89. The van der Waals surface area contributed by atoms with Crippen LogP contribution in [0.4, 0.5) is 0 Å². The first kappa shape index (κ1) is 15.1. The van der Waals surface area contributed by atoms with Crippen LogP contribution in [0.15, 0.2) is 30.3 Å². The highest BCUT2D eigenvalue weighted by Crippen LogP contribution is 2.35. The summed E-state index contributed by atoms with van der Waals surface area (Å²) in [7, 11) is 0. The van der Waals surface area contributed by atoms with E-state index in [4.69, 9.17) is 17.3 Å². The van der Waals surface area contributed by atoms with Crippen LogP contribution in [-0.2, 0) is 9.59 Å². The van der Waals surface area contributed by atoms with Gasteiger partial charge in [0.1, 0.15) is 0 Å². The molecule has 4 nitrogen and oxygen atoms in total. The molecule has 1 atom stereocenters. The molecule has 6 heteroatoms. The molecule has 114 valence electrons. The third-order valence-corrected chi connectivity index (χ3v) is 5.49. The molecule has 1 saturated heterocycles. The zero-order chi connectivity index (χ0) is 15.7. The van der Waals surface area contributed by atoms with Crippen molar-refractivity contribution in [1.82, 2.24) is 4.90 Å². The molecule has 2 aromatic rings. The minimum absolute atomic E-state index is 0.114. The molecule has 1 aliphatic heterocycles. The molecule has 1 aromatic carbocycles. The molecule has 0 spiro atoms. The van der Waals surface area contributed by atoms with Gasteiger partial charge in [0, 0.05) is 34.1 Å². The molecule has 1 aromatic heterocycles. The van der Waals surface area contributed by atoms with Crippen LogP contribution in [0.3, 0.4) is 0 Å². The number of carbonyl (C=O) groups excluding carboxylic acids is 2. The summed E-state index contributed by atoms with van der Waals surface area (Å²) in [5, 5.41) is 1.66. The van der Waals surface area contributed by atoms with Crippen LogP contribution in [0.2, 0.25) is 5.02 Å². The van der Waals surface area contributed by atoms with Crippen molar-refractivity contribution in [2.45, 2.75) is 6.42 Å². The van der Waals surface area contributed by atoms with Crippen molar-refractivity contribution in [1.29, 1.82) is 0 Å². The Hall–Kier alpha value is -1.85. The Labute approximate surface area is 137 Å². The average Bonchev–Trinajstić information content (AvgIpc) is 3.11. The number of likely N-dealkylation sites (tertiary alicyclic amines) is 1.